The van der Waals surface area contributed by atoms with Crippen LogP contribution in [0.4, 0.5) is 4.39 Å². The van der Waals surface area contributed by atoms with E-state index in [1.807, 2.05) is 4.90 Å². The first kappa shape index (κ1) is 15.4. The zero-order chi connectivity index (χ0) is 16.2. The van der Waals surface area contributed by atoms with Crippen LogP contribution >= 0.6 is 0 Å². The van der Waals surface area contributed by atoms with Crippen LogP contribution in [-0.2, 0) is 6.42 Å². The van der Waals surface area contributed by atoms with E-state index in [0.717, 1.165) is 18.4 Å². The molecular weight excluding hydrogens is 297 g/mol. The van der Waals surface area contributed by atoms with Crippen molar-refractivity contribution >= 4 is 5.91 Å². The Labute approximate surface area is 134 Å². The number of hydrogen-bond acceptors (Lipinski definition) is 4. The summed E-state index contributed by atoms with van der Waals surface area (Å²) in [6.07, 6.45) is 3.94. The molecule has 1 amide bonds. The van der Waals surface area contributed by atoms with Crippen molar-refractivity contribution in [1.29, 1.82) is 0 Å². The van der Waals surface area contributed by atoms with Crippen molar-refractivity contribution in [2.45, 2.75) is 25.3 Å². The lowest BCUT2D eigenvalue weighted by atomic mass is 10.0. The van der Waals surface area contributed by atoms with Crippen LogP contribution in [0.25, 0.3) is 0 Å². The lowest BCUT2D eigenvalue weighted by Crippen LogP contribution is -2.37. The molecule has 1 aromatic heterocycles. The molecule has 0 spiro atoms. The molecule has 120 valence electrons. The minimum Gasteiger partial charge on any atom is -0.481 e. The van der Waals surface area contributed by atoms with Crippen LogP contribution in [-0.4, -0.2) is 40.5 Å². The van der Waals surface area contributed by atoms with Crippen LogP contribution in [0.5, 0.6) is 5.88 Å². The topological polar surface area (TPSA) is 55.3 Å². The van der Waals surface area contributed by atoms with Gasteiger partial charge in [-0.15, -0.1) is 0 Å². The number of likely N-dealkylation sites (tertiary alicyclic amines) is 1. The number of amides is 1. The molecule has 1 saturated heterocycles. The quantitative estimate of drug-likeness (QED) is 0.870. The van der Waals surface area contributed by atoms with Gasteiger partial charge in [-0.2, -0.15) is 0 Å². The summed E-state index contributed by atoms with van der Waals surface area (Å²) in [5.41, 5.74) is 1.36. The van der Waals surface area contributed by atoms with Crippen molar-refractivity contribution in [3.8, 4) is 5.88 Å². The molecule has 3 rings (SSSR count). The standard InChI is InChI=1S/C17H18FN3O2/c1-23-16-10-15(19-11-20-16)17(22)21-8-2-3-14(21)9-12-4-6-13(18)7-5-12/h4-7,10-11,14H,2-3,8-9H2,1H3. The Morgan fingerprint density at radius 1 is 1.35 bits per heavy atom. The highest BCUT2D eigenvalue weighted by atomic mass is 19.1. The Hall–Kier alpha value is -2.50. The molecule has 1 unspecified atom stereocenters. The van der Waals surface area contributed by atoms with E-state index in [4.69, 9.17) is 4.74 Å². The van der Waals surface area contributed by atoms with Crippen LogP contribution in [0.15, 0.2) is 36.7 Å². The molecule has 2 aromatic rings. The number of methoxy groups -OCH3 is 1. The van der Waals surface area contributed by atoms with E-state index >= 15 is 0 Å². The van der Waals surface area contributed by atoms with E-state index in [9.17, 15) is 9.18 Å². The second-order valence-corrected chi connectivity index (χ2v) is 5.57. The number of hydrogen-bond donors (Lipinski definition) is 0. The molecule has 0 aliphatic carbocycles. The SMILES string of the molecule is COc1cc(C(=O)N2CCCC2Cc2ccc(F)cc2)ncn1. The number of carbonyl (C=O) groups is 1. The zero-order valence-corrected chi connectivity index (χ0v) is 12.9. The Morgan fingerprint density at radius 3 is 2.87 bits per heavy atom. The fourth-order valence-electron chi connectivity index (χ4n) is 2.92. The Balaban J connectivity index is 1.75. The number of carbonyl (C=O) groups excluding carboxylic acids is 1. The van der Waals surface area contributed by atoms with Gasteiger partial charge in [0.1, 0.15) is 17.8 Å². The highest BCUT2D eigenvalue weighted by Gasteiger charge is 2.30. The summed E-state index contributed by atoms with van der Waals surface area (Å²) < 4.78 is 18.1. The fourth-order valence-corrected chi connectivity index (χ4v) is 2.92. The highest BCUT2D eigenvalue weighted by Crippen LogP contribution is 2.23. The molecule has 2 heterocycles. The molecule has 1 atom stereocenters. The lowest BCUT2D eigenvalue weighted by molar-refractivity contribution is 0.0729. The molecule has 23 heavy (non-hydrogen) atoms. The maximum absolute atomic E-state index is 13.0. The highest BCUT2D eigenvalue weighted by molar-refractivity contribution is 5.92. The zero-order valence-electron chi connectivity index (χ0n) is 12.9. The van der Waals surface area contributed by atoms with Crippen LogP contribution in [0.2, 0.25) is 0 Å². The van der Waals surface area contributed by atoms with Gasteiger partial charge >= 0.3 is 0 Å². The average Bonchev–Trinajstić information content (AvgIpc) is 3.04. The largest absolute Gasteiger partial charge is 0.481 e. The minimum atomic E-state index is -0.249. The Bertz CT molecular complexity index is 690. The number of ether oxygens (including phenoxy) is 1. The molecule has 5 nitrogen and oxygen atoms in total. The maximum Gasteiger partial charge on any atom is 0.272 e. The van der Waals surface area contributed by atoms with Crippen molar-refractivity contribution in [2.75, 3.05) is 13.7 Å². The summed E-state index contributed by atoms with van der Waals surface area (Å²) in [7, 11) is 1.50. The smallest absolute Gasteiger partial charge is 0.272 e. The molecule has 1 aliphatic rings. The van der Waals surface area contributed by atoms with Gasteiger partial charge in [0.15, 0.2) is 0 Å². The molecular formula is C17H18FN3O2. The van der Waals surface area contributed by atoms with Crippen LogP contribution in [0.3, 0.4) is 0 Å². The summed E-state index contributed by atoms with van der Waals surface area (Å²) in [6, 6.07) is 8.09. The number of halogens is 1. The predicted molar refractivity (Wildman–Crippen MR) is 82.7 cm³/mol. The van der Waals surface area contributed by atoms with E-state index in [1.165, 1.54) is 25.6 Å². The summed E-state index contributed by atoms with van der Waals surface area (Å²) in [5, 5.41) is 0. The van der Waals surface area contributed by atoms with Gasteiger partial charge in [-0.05, 0) is 37.0 Å². The summed E-state index contributed by atoms with van der Waals surface area (Å²) in [5.74, 6) is 0.00845. The first-order chi connectivity index (χ1) is 11.2. The third-order valence-corrected chi connectivity index (χ3v) is 4.09. The van der Waals surface area contributed by atoms with Crippen molar-refractivity contribution in [3.63, 3.8) is 0 Å². The number of benzene rings is 1. The molecule has 6 heteroatoms. The summed E-state index contributed by atoms with van der Waals surface area (Å²) in [6.45, 7) is 0.705. The first-order valence-electron chi connectivity index (χ1n) is 7.59. The van der Waals surface area contributed by atoms with Crippen LogP contribution < -0.4 is 4.74 Å². The third kappa shape index (κ3) is 3.47. The molecule has 0 saturated carbocycles. The fraction of sp³-hybridized carbons (Fsp3) is 0.353. The van der Waals surface area contributed by atoms with Crippen molar-refractivity contribution < 1.29 is 13.9 Å². The molecule has 0 N–H and O–H groups in total. The number of rotatable bonds is 4. The van der Waals surface area contributed by atoms with Gasteiger partial charge in [0.2, 0.25) is 5.88 Å². The Morgan fingerprint density at radius 2 is 2.13 bits per heavy atom. The molecule has 0 bridgehead atoms. The second kappa shape index (κ2) is 6.73. The van der Waals surface area contributed by atoms with Crippen molar-refractivity contribution in [1.82, 2.24) is 14.9 Å². The van der Waals surface area contributed by atoms with E-state index in [0.29, 0.717) is 24.5 Å². The minimum absolute atomic E-state index is 0.105. The molecule has 0 radical (unpaired) electrons. The van der Waals surface area contributed by atoms with E-state index < -0.39 is 0 Å². The van der Waals surface area contributed by atoms with Crippen LogP contribution in [0.1, 0.15) is 28.9 Å². The summed E-state index contributed by atoms with van der Waals surface area (Å²) in [4.78, 5) is 22.5. The van der Waals surface area contributed by atoms with Crippen LogP contribution in [0, 0.1) is 5.82 Å². The normalized spacial score (nSPS) is 17.3. The van der Waals surface area contributed by atoms with E-state index in [1.54, 1.807) is 18.2 Å². The van der Waals surface area contributed by atoms with Gasteiger partial charge < -0.3 is 9.64 Å². The lowest BCUT2D eigenvalue weighted by Gasteiger charge is -2.24. The first-order valence-corrected chi connectivity index (χ1v) is 7.59. The predicted octanol–water partition coefficient (Wildman–Crippen LogP) is 2.47. The Kier molecular flexibility index (Phi) is 4.50. The van der Waals surface area contributed by atoms with Gasteiger partial charge in [-0.3, -0.25) is 4.79 Å². The number of aromatic nitrogens is 2. The molecule has 1 aromatic carbocycles. The van der Waals surface area contributed by atoms with Gasteiger partial charge in [0.25, 0.3) is 5.91 Å². The van der Waals surface area contributed by atoms with Crippen molar-refractivity contribution in [2.24, 2.45) is 0 Å². The molecule has 1 aliphatic heterocycles. The van der Waals surface area contributed by atoms with Gasteiger partial charge in [0, 0.05) is 18.7 Å². The van der Waals surface area contributed by atoms with Gasteiger partial charge in [-0.1, -0.05) is 12.1 Å². The monoisotopic (exact) mass is 315 g/mol. The third-order valence-electron chi connectivity index (χ3n) is 4.09. The number of nitrogens with zero attached hydrogens (tertiary/aromatic N) is 3. The summed E-state index contributed by atoms with van der Waals surface area (Å²) >= 11 is 0. The van der Waals surface area contributed by atoms with Gasteiger partial charge in [0.05, 0.1) is 7.11 Å². The van der Waals surface area contributed by atoms with Gasteiger partial charge in [-0.25, -0.2) is 14.4 Å². The van der Waals surface area contributed by atoms with Crippen molar-refractivity contribution in [3.05, 3.63) is 53.7 Å². The maximum atomic E-state index is 13.0. The molecule has 1 fully saturated rings. The second-order valence-electron chi connectivity index (χ2n) is 5.57. The van der Waals surface area contributed by atoms with E-state index in [2.05, 4.69) is 9.97 Å². The average molecular weight is 315 g/mol. The van der Waals surface area contributed by atoms with E-state index in [-0.39, 0.29) is 17.8 Å².